The predicted molar refractivity (Wildman–Crippen MR) is 140 cm³/mol. The second-order valence-corrected chi connectivity index (χ2v) is 12.9. The molecule has 1 saturated heterocycles. The number of hydrazine groups is 1. The van der Waals surface area contributed by atoms with Crippen molar-refractivity contribution in [2.24, 2.45) is 11.8 Å². The highest BCUT2D eigenvalue weighted by Crippen LogP contribution is 2.77. The van der Waals surface area contributed by atoms with Gasteiger partial charge in [0.2, 0.25) is 0 Å². The molecule has 2 heterocycles. The van der Waals surface area contributed by atoms with Gasteiger partial charge in [-0.25, -0.2) is 5.01 Å². The highest BCUT2D eigenvalue weighted by molar-refractivity contribution is 7.12. The molecular weight excluding hydrogens is 636 g/mol. The van der Waals surface area contributed by atoms with Gasteiger partial charge >= 0.3 is 0 Å². The topological polar surface area (TPSA) is 74.8 Å². The Labute approximate surface area is 243 Å². The summed E-state index contributed by atoms with van der Waals surface area (Å²) >= 11 is 46.6. The molecule has 1 saturated carbocycles. The van der Waals surface area contributed by atoms with Gasteiger partial charge in [0.15, 0.2) is 10.1 Å². The molecular formula is C22H11Cl7N2O4S. The highest BCUT2D eigenvalue weighted by Gasteiger charge is 2.88. The molecule has 1 aromatic carbocycles. The van der Waals surface area contributed by atoms with Crippen LogP contribution in [0.1, 0.15) is 20.0 Å². The van der Waals surface area contributed by atoms with Crippen molar-refractivity contribution in [3.8, 4) is 0 Å². The van der Waals surface area contributed by atoms with Crippen LogP contribution < -0.4 is 0 Å². The maximum atomic E-state index is 13.8. The Morgan fingerprint density at radius 3 is 1.94 bits per heavy atom. The highest BCUT2D eigenvalue weighted by atomic mass is 35.5. The molecule has 0 unspecified atom stereocenters. The lowest BCUT2D eigenvalue weighted by molar-refractivity contribution is -0.154. The summed E-state index contributed by atoms with van der Waals surface area (Å²) < 4.78 is -2.13. The summed E-state index contributed by atoms with van der Waals surface area (Å²) in [6, 6.07) is 9.19. The molecule has 1 aromatic heterocycles. The number of thiophene rings is 1. The second-order valence-electron chi connectivity index (χ2n) is 8.31. The van der Waals surface area contributed by atoms with E-state index < -0.39 is 56.0 Å². The number of alkyl halides is 4. The Balaban J connectivity index is 1.62. The minimum absolute atomic E-state index is 0.0434. The normalized spacial score (nSPS) is 30.2. The molecule has 5 rings (SSSR count). The number of hydrogen-bond donors (Lipinski definition) is 0. The van der Waals surface area contributed by atoms with Gasteiger partial charge in [-0.1, -0.05) is 76.2 Å². The zero-order chi connectivity index (χ0) is 26.4. The first-order valence-electron chi connectivity index (χ1n) is 10.1. The molecule has 14 heteroatoms. The lowest BCUT2D eigenvalue weighted by Crippen LogP contribution is -2.56. The number of carbonyl (C=O) groups excluding carboxylic acids is 4. The van der Waals surface area contributed by atoms with Crippen LogP contribution in [-0.4, -0.2) is 54.1 Å². The minimum Gasteiger partial charge on any atom is -0.291 e. The quantitative estimate of drug-likeness (QED) is 0.224. The fourth-order valence-corrected chi connectivity index (χ4v) is 8.68. The molecule has 188 valence electrons. The van der Waals surface area contributed by atoms with Crippen molar-refractivity contribution in [1.82, 2.24) is 10.0 Å². The van der Waals surface area contributed by atoms with Crippen molar-refractivity contribution in [3.05, 3.63) is 67.3 Å². The Kier molecular flexibility index (Phi) is 6.46. The number of allylic oxidation sites excluding steroid dienone is 2. The number of ketones is 1. The van der Waals surface area contributed by atoms with Crippen LogP contribution in [0.25, 0.3) is 0 Å². The van der Waals surface area contributed by atoms with Crippen LogP contribution in [0.15, 0.2) is 51.8 Å². The third-order valence-corrected chi connectivity index (χ3v) is 12.1. The summed E-state index contributed by atoms with van der Waals surface area (Å²) in [6.45, 7) is -0.659. The maximum Gasteiger partial charge on any atom is 0.274 e. The average molecular weight is 648 g/mol. The van der Waals surface area contributed by atoms with Crippen LogP contribution in [0.3, 0.4) is 0 Å². The average Bonchev–Trinajstić information content (AvgIpc) is 3.51. The number of fused-ring (bicyclic) bond motifs is 5. The molecule has 3 aliphatic rings. The van der Waals surface area contributed by atoms with Crippen molar-refractivity contribution in [2.45, 2.75) is 14.1 Å². The van der Waals surface area contributed by atoms with E-state index in [-0.39, 0.29) is 20.7 Å². The summed E-state index contributed by atoms with van der Waals surface area (Å²) in [7, 11) is 0. The molecule has 0 spiro atoms. The molecule has 3 amide bonds. The van der Waals surface area contributed by atoms with E-state index >= 15 is 0 Å². The Hall–Kier alpha value is -1.03. The van der Waals surface area contributed by atoms with Gasteiger partial charge in [-0.05, 0) is 23.6 Å². The van der Waals surface area contributed by atoms with Crippen molar-refractivity contribution in [1.29, 1.82) is 0 Å². The zero-order valence-corrected chi connectivity index (χ0v) is 23.6. The number of rotatable bonds is 5. The van der Waals surface area contributed by atoms with E-state index in [9.17, 15) is 19.2 Å². The fourth-order valence-electron chi connectivity index (χ4n) is 4.88. The van der Waals surface area contributed by atoms with E-state index in [1.165, 1.54) is 12.1 Å². The summed E-state index contributed by atoms with van der Waals surface area (Å²) in [4.78, 5) is 50.4. The van der Waals surface area contributed by atoms with Gasteiger partial charge in [-0.2, -0.15) is 5.01 Å². The van der Waals surface area contributed by atoms with E-state index in [0.717, 1.165) is 16.3 Å². The monoisotopic (exact) mass is 644 g/mol. The number of halogens is 7. The smallest absolute Gasteiger partial charge is 0.274 e. The predicted octanol–water partition coefficient (Wildman–Crippen LogP) is 6.09. The van der Waals surface area contributed by atoms with Gasteiger partial charge in [-0.3, -0.25) is 19.2 Å². The maximum absolute atomic E-state index is 13.8. The molecule has 2 fully saturated rings. The first-order chi connectivity index (χ1) is 16.8. The van der Waals surface area contributed by atoms with E-state index in [0.29, 0.717) is 9.89 Å². The van der Waals surface area contributed by atoms with Crippen LogP contribution in [0.4, 0.5) is 0 Å². The third kappa shape index (κ3) is 3.18. The van der Waals surface area contributed by atoms with Gasteiger partial charge in [0.25, 0.3) is 17.7 Å². The lowest BCUT2D eigenvalue weighted by atomic mass is 9.84. The minimum atomic E-state index is -2.13. The Morgan fingerprint density at radius 1 is 0.889 bits per heavy atom. The molecule has 4 atom stereocenters. The van der Waals surface area contributed by atoms with Crippen molar-refractivity contribution >= 4 is 116 Å². The largest absolute Gasteiger partial charge is 0.291 e. The zero-order valence-electron chi connectivity index (χ0n) is 17.5. The SMILES string of the molecule is O=C(CN(C(=O)c1ccccc1Cl)N1C(=O)[C@H]2[C@H](C1=O)[C@@]1(Cl)C(Cl)=C(Cl)[C@@]2(Cl)C1(Cl)Cl)c1cccs1. The standard InChI is InChI=1S/C22H11Cl7N2O4S/c23-10-5-2-1-4-9(10)17(33)30(8-11(32)12-6-3-7-36-12)31-18(34)13-14(19(31)35)21(27)16(25)15(24)20(13,26)22(21,28)29/h1-7,13-14H,8H2/t13-,14-,20-,21-/m1/s1. The molecule has 2 aliphatic carbocycles. The number of carbonyl (C=O) groups is 4. The summed E-state index contributed by atoms with van der Waals surface area (Å²) in [5.41, 5.74) is -0.0434. The van der Waals surface area contributed by atoms with E-state index in [1.54, 1.807) is 29.6 Å². The van der Waals surface area contributed by atoms with Crippen molar-refractivity contribution < 1.29 is 19.2 Å². The lowest BCUT2D eigenvalue weighted by Gasteiger charge is -2.36. The van der Waals surface area contributed by atoms with Crippen molar-refractivity contribution in [2.75, 3.05) is 6.54 Å². The van der Waals surface area contributed by atoms with Crippen LogP contribution in [0, 0.1) is 11.8 Å². The molecule has 0 radical (unpaired) electrons. The summed E-state index contributed by atoms with van der Waals surface area (Å²) in [6.07, 6.45) is 0. The van der Waals surface area contributed by atoms with Crippen LogP contribution in [0.5, 0.6) is 0 Å². The summed E-state index contributed by atoms with van der Waals surface area (Å²) in [5, 5.41) is 2.45. The van der Waals surface area contributed by atoms with Crippen LogP contribution in [-0.2, 0) is 9.59 Å². The van der Waals surface area contributed by atoms with E-state index in [2.05, 4.69) is 0 Å². The van der Waals surface area contributed by atoms with E-state index in [1.807, 2.05) is 0 Å². The summed E-state index contributed by atoms with van der Waals surface area (Å²) in [5.74, 6) is -6.25. The Bertz CT molecular complexity index is 1330. The third-order valence-electron chi connectivity index (χ3n) is 6.55. The molecule has 2 aromatic rings. The van der Waals surface area contributed by atoms with Crippen LogP contribution >= 0.6 is 92.5 Å². The Morgan fingerprint density at radius 2 is 1.44 bits per heavy atom. The van der Waals surface area contributed by atoms with Gasteiger partial charge in [0.1, 0.15) is 16.3 Å². The number of nitrogens with zero attached hydrogens (tertiary/aromatic N) is 2. The van der Waals surface area contributed by atoms with Crippen molar-refractivity contribution in [3.63, 3.8) is 0 Å². The van der Waals surface area contributed by atoms with Crippen LogP contribution in [0.2, 0.25) is 5.02 Å². The number of benzene rings is 1. The van der Waals surface area contributed by atoms with E-state index in [4.69, 9.17) is 81.2 Å². The number of imide groups is 1. The van der Waals surface area contributed by atoms with Gasteiger partial charge in [0.05, 0.1) is 37.4 Å². The first-order valence-corrected chi connectivity index (χ1v) is 13.7. The van der Waals surface area contributed by atoms with Gasteiger partial charge < -0.3 is 0 Å². The number of amides is 3. The molecule has 6 nitrogen and oxygen atoms in total. The molecule has 36 heavy (non-hydrogen) atoms. The second kappa shape index (κ2) is 8.75. The molecule has 1 aliphatic heterocycles. The molecule has 0 N–H and O–H groups in total. The van der Waals surface area contributed by atoms with Gasteiger partial charge in [-0.15, -0.1) is 34.5 Å². The number of hydrogen-bond acceptors (Lipinski definition) is 5. The fraction of sp³-hybridized carbons (Fsp3) is 0.273. The van der Waals surface area contributed by atoms with Gasteiger partial charge in [0, 0.05) is 0 Å². The number of Topliss-reactive ketones (excluding diaryl/α,β-unsaturated/α-hetero) is 1. The first kappa shape index (κ1) is 26.6. The molecule has 2 bridgehead atoms.